The second kappa shape index (κ2) is 7.58. The van der Waals surface area contributed by atoms with Crippen LogP contribution in [0.2, 0.25) is 0 Å². The van der Waals surface area contributed by atoms with Crippen molar-refractivity contribution < 1.29 is 9.53 Å². The minimum atomic E-state index is -0.0344. The van der Waals surface area contributed by atoms with Crippen molar-refractivity contribution in [2.45, 2.75) is 20.8 Å². The molecule has 1 aromatic carbocycles. The van der Waals surface area contributed by atoms with E-state index in [9.17, 15) is 4.79 Å². The number of carbonyl (C=O) groups excluding carboxylic acids is 1. The molecule has 0 spiro atoms. The van der Waals surface area contributed by atoms with Crippen LogP contribution in [0.15, 0.2) is 24.3 Å². The van der Waals surface area contributed by atoms with Crippen molar-refractivity contribution in [2.24, 2.45) is 0 Å². The molecule has 18 heavy (non-hydrogen) atoms. The molecule has 0 bridgehead atoms. The van der Waals surface area contributed by atoms with Gasteiger partial charge in [-0.15, -0.1) is 0 Å². The van der Waals surface area contributed by atoms with E-state index in [2.05, 4.69) is 5.32 Å². The van der Waals surface area contributed by atoms with Crippen LogP contribution in [-0.2, 0) is 0 Å². The summed E-state index contributed by atoms with van der Waals surface area (Å²) in [7, 11) is 0. The van der Waals surface area contributed by atoms with Crippen molar-refractivity contribution in [1.29, 1.82) is 0 Å². The molecule has 4 nitrogen and oxygen atoms in total. The number of carbonyl (C=O) groups is 1. The van der Waals surface area contributed by atoms with Gasteiger partial charge in [0.1, 0.15) is 12.4 Å². The lowest BCUT2D eigenvalue weighted by atomic mass is 10.2. The third-order valence-corrected chi connectivity index (χ3v) is 2.69. The van der Waals surface area contributed by atoms with Gasteiger partial charge in [-0.3, -0.25) is 0 Å². The van der Waals surface area contributed by atoms with Crippen molar-refractivity contribution in [3.63, 3.8) is 0 Å². The molecule has 1 rings (SSSR count). The predicted molar refractivity (Wildman–Crippen MR) is 73.0 cm³/mol. The minimum Gasteiger partial charge on any atom is -0.492 e. The summed E-state index contributed by atoms with van der Waals surface area (Å²) in [6, 6.07) is 7.84. The van der Waals surface area contributed by atoms with Gasteiger partial charge in [0.2, 0.25) is 0 Å². The smallest absolute Gasteiger partial charge is 0.317 e. The maximum absolute atomic E-state index is 11.6. The molecule has 0 radical (unpaired) electrons. The third-order valence-electron chi connectivity index (χ3n) is 2.69. The highest BCUT2D eigenvalue weighted by molar-refractivity contribution is 5.73. The number of rotatable bonds is 6. The number of hydrogen-bond donors (Lipinski definition) is 1. The number of aryl methyl sites for hydroxylation is 1. The fraction of sp³-hybridized carbons (Fsp3) is 0.500. The highest BCUT2D eigenvalue weighted by Crippen LogP contribution is 2.11. The number of nitrogens with zero attached hydrogens (tertiary/aromatic N) is 1. The van der Waals surface area contributed by atoms with E-state index in [4.69, 9.17) is 4.74 Å². The van der Waals surface area contributed by atoms with Crippen LogP contribution in [0.1, 0.15) is 19.4 Å². The summed E-state index contributed by atoms with van der Waals surface area (Å²) in [5.41, 5.74) is 1.17. The van der Waals surface area contributed by atoms with Gasteiger partial charge in [-0.05, 0) is 38.5 Å². The maximum atomic E-state index is 11.6. The summed E-state index contributed by atoms with van der Waals surface area (Å²) in [6.45, 7) is 8.40. The lowest BCUT2D eigenvalue weighted by Gasteiger charge is -2.19. The van der Waals surface area contributed by atoms with Crippen LogP contribution in [0.25, 0.3) is 0 Å². The fourth-order valence-corrected chi connectivity index (χ4v) is 1.65. The first kappa shape index (κ1) is 14.4. The van der Waals surface area contributed by atoms with Crippen LogP contribution >= 0.6 is 0 Å². The van der Waals surface area contributed by atoms with Crippen LogP contribution in [0.5, 0.6) is 5.75 Å². The summed E-state index contributed by atoms with van der Waals surface area (Å²) in [6.07, 6.45) is 0. The summed E-state index contributed by atoms with van der Waals surface area (Å²) >= 11 is 0. The van der Waals surface area contributed by atoms with E-state index < -0.39 is 0 Å². The minimum absolute atomic E-state index is 0.0344. The van der Waals surface area contributed by atoms with Gasteiger partial charge < -0.3 is 15.0 Å². The topological polar surface area (TPSA) is 41.6 Å². The Balaban J connectivity index is 2.24. The van der Waals surface area contributed by atoms with Gasteiger partial charge in [-0.2, -0.15) is 0 Å². The van der Waals surface area contributed by atoms with E-state index in [1.54, 1.807) is 4.90 Å². The van der Waals surface area contributed by atoms with Crippen molar-refractivity contribution in [3.05, 3.63) is 29.8 Å². The molecule has 0 fully saturated rings. The molecule has 100 valence electrons. The average Bonchev–Trinajstić information content (AvgIpc) is 2.36. The van der Waals surface area contributed by atoms with Crippen molar-refractivity contribution in [2.75, 3.05) is 26.2 Å². The number of benzene rings is 1. The Morgan fingerprint density at radius 3 is 2.67 bits per heavy atom. The molecule has 0 aliphatic rings. The molecule has 4 heteroatoms. The third kappa shape index (κ3) is 4.65. The van der Waals surface area contributed by atoms with Gasteiger partial charge in [0.05, 0.1) is 6.54 Å². The number of urea groups is 1. The lowest BCUT2D eigenvalue weighted by molar-refractivity contribution is 0.200. The Labute approximate surface area is 109 Å². The first-order chi connectivity index (χ1) is 8.67. The summed E-state index contributed by atoms with van der Waals surface area (Å²) in [4.78, 5) is 13.4. The number of amides is 2. The van der Waals surface area contributed by atoms with E-state index >= 15 is 0 Å². The molecule has 0 saturated carbocycles. The molecule has 1 aromatic rings. The van der Waals surface area contributed by atoms with Crippen molar-refractivity contribution in [3.8, 4) is 5.75 Å². The first-order valence-corrected chi connectivity index (χ1v) is 6.39. The molecule has 0 aliphatic heterocycles. The summed E-state index contributed by atoms with van der Waals surface area (Å²) in [5.74, 6) is 0.840. The van der Waals surface area contributed by atoms with Crippen LogP contribution < -0.4 is 10.1 Å². The van der Waals surface area contributed by atoms with Gasteiger partial charge in [0, 0.05) is 13.1 Å². The number of hydrogen-bond acceptors (Lipinski definition) is 2. The van der Waals surface area contributed by atoms with E-state index in [0.717, 1.165) is 18.8 Å². The molecule has 0 aromatic heterocycles. The Morgan fingerprint density at radius 2 is 2.06 bits per heavy atom. The standard InChI is InChI=1S/C14H22N2O2/c1-4-16(5-2)14(17)15-9-10-18-13-8-6-7-12(3)11-13/h6-8,11H,4-5,9-10H2,1-3H3,(H,15,17). The molecule has 2 amide bonds. The van der Waals surface area contributed by atoms with Crippen LogP contribution in [-0.4, -0.2) is 37.2 Å². The van der Waals surface area contributed by atoms with Crippen LogP contribution in [0, 0.1) is 6.92 Å². The van der Waals surface area contributed by atoms with Gasteiger partial charge in [0.15, 0.2) is 0 Å². The molecular formula is C14H22N2O2. The molecule has 1 N–H and O–H groups in total. The predicted octanol–water partition coefficient (Wildman–Crippen LogP) is 2.43. The van der Waals surface area contributed by atoms with Crippen molar-refractivity contribution in [1.82, 2.24) is 10.2 Å². The summed E-state index contributed by atoms with van der Waals surface area (Å²) < 4.78 is 5.55. The van der Waals surface area contributed by atoms with E-state index in [0.29, 0.717) is 13.2 Å². The second-order valence-electron chi connectivity index (χ2n) is 4.07. The number of nitrogens with one attached hydrogen (secondary N) is 1. The fourth-order valence-electron chi connectivity index (χ4n) is 1.65. The quantitative estimate of drug-likeness (QED) is 0.788. The van der Waals surface area contributed by atoms with Gasteiger partial charge in [-0.25, -0.2) is 4.79 Å². The second-order valence-corrected chi connectivity index (χ2v) is 4.07. The lowest BCUT2D eigenvalue weighted by Crippen LogP contribution is -2.41. The zero-order chi connectivity index (χ0) is 13.4. The number of ether oxygens (including phenoxy) is 1. The molecule has 0 heterocycles. The van der Waals surface area contributed by atoms with E-state index in [-0.39, 0.29) is 6.03 Å². The highest BCUT2D eigenvalue weighted by Gasteiger charge is 2.07. The monoisotopic (exact) mass is 250 g/mol. The molecule has 0 atom stereocenters. The SMILES string of the molecule is CCN(CC)C(=O)NCCOc1cccc(C)c1. The zero-order valence-electron chi connectivity index (χ0n) is 11.4. The van der Waals surface area contributed by atoms with Gasteiger partial charge in [-0.1, -0.05) is 12.1 Å². The Hall–Kier alpha value is -1.71. The molecule has 0 aliphatic carbocycles. The van der Waals surface area contributed by atoms with Crippen LogP contribution in [0.3, 0.4) is 0 Å². The van der Waals surface area contributed by atoms with E-state index in [1.165, 1.54) is 5.56 Å². The van der Waals surface area contributed by atoms with Crippen molar-refractivity contribution >= 4 is 6.03 Å². The Morgan fingerprint density at radius 1 is 1.33 bits per heavy atom. The van der Waals surface area contributed by atoms with E-state index in [1.807, 2.05) is 45.0 Å². The van der Waals surface area contributed by atoms with Crippen LogP contribution in [0.4, 0.5) is 4.79 Å². The first-order valence-electron chi connectivity index (χ1n) is 6.39. The highest BCUT2D eigenvalue weighted by atomic mass is 16.5. The summed E-state index contributed by atoms with van der Waals surface area (Å²) in [5, 5.41) is 2.83. The molecule has 0 saturated heterocycles. The molecule has 0 unspecified atom stereocenters. The zero-order valence-corrected chi connectivity index (χ0v) is 11.4. The maximum Gasteiger partial charge on any atom is 0.317 e. The van der Waals surface area contributed by atoms with Gasteiger partial charge >= 0.3 is 6.03 Å². The Bertz CT molecular complexity index is 376. The van der Waals surface area contributed by atoms with Gasteiger partial charge in [0.25, 0.3) is 0 Å². The molecular weight excluding hydrogens is 228 g/mol. The Kier molecular flexibility index (Phi) is 6.05. The average molecular weight is 250 g/mol. The normalized spacial score (nSPS) is 9.94. The largest absolute Gasteiger partial charge is 0.492 e.